The number of aromatic amines is 1. The molecule has 140 valence electrons. The van der Waals surface area contributed by atoms with E-state index in [0.717, 1.165) is 44.7 Å². The molecule has 3 aromatic carbocycles. The van der Waals surface area contributed by atoms with Gasteiger partial charge in [-0.2, -0.15) is 0 Å². The number of fused-ring (bicyclic) bond motifs is 1. The third-order valence-electron chi connectivity index (χ3n) is 4.85. The molecule has 0 unspecified atom stereocenters. The van der Waals surface area contributed by atoms with E-state index < -0.39 is 0 Å². The number of nitrogens with zero attached hydrogens (tertiary/aromatic N) is 4. The lowest BCUT2D eigenvalue weighted by Crippen LogP contribution is -1.95. The highest BCUT2D eigenvalue weighted by Gasteiger charge is 2.10. The molecule has 0 saturated heterocycles. The van der Waals surface area contributed by atoms with E-state index in [0.29, 0.717) is 5.82 Å². The molecule has 5 aromatic rings. The molecule has 2 aromatic heterocycles. The molecule has 0 bridgehead atoms. The first-order valence-electron chi connectivity index (χ1n) is 9.35. The fraction of sp³-hybridized carbons (Fsp3) is 0.0435. The Morgan fingerprint density at radius 1 is 0.828 bits per heavy atom. The maximum absolute atomic E-state index is 4.61. The zero-order chi connectivity index (χ0) is 19.6. The van der Waals surface area contributed by atoms with E-state index in [4.69, 9.17) is 0 Å². The molecule has 5 rings (SSSR count). The number of rotatable bonds is 4. The highest BCUT2D eigenvalue weighted by atomic mass is 15.5. The summed E-state index contributed by atoms with van der Waals surface area (Å²) in [5, 5.41) is 18.9. The van der Waals surface area contributed by atoms with Crippen LogP contribution in [0.25, 0.3) is 33.4 Å². The molecule has 6 heteroatoms. The van der Waals surface area contributed by atoms with Crippen LogP contribution in [0.5, 0.6) is 0 Å². The molecule has 0 spiro atoms. The number of para-hydroxylation sites is 1. The van der Waals surface area contributed by atoms with Crippen molar-refractivity contribution in [1.82, 2.24) is 25.6 Å². The highest BCUT2D eigenvalue weighted by Crippen LogP contribution is 2.32. The molecule has 0 aliphatic carbocycles. The third-order valence-corrected chi connectivity index (χ3v) is 4.85. The quantitative estimate of drug-likeness (QED) is 0.453. The van der Waals surface area contributed by atoms with Crippen molar-refractivity contribution in [1.29, 1.82) is 0 Å². The summed E-state index contributed by atoms with van der Waals surface area (Å²) < 4.78 is 0. The Balaban J connectivity index is 1.49. The number of H-pyrrole nitrogens is 1. The predicted molar refractivity (Wildman–Crippen MR) is 115 cm³/mol. The van der Waals surface area contributed by atoms with Gasteiger partial charge in [-0.1, -0.05) is 54.6 Å². The first-order chi connectivity index (χ1) is 14.3. The number of aromatic nitrogens is 5. The summed E-state index contributed by atoms with van der Waals surface area (Å²) in [6.07, 6.45) is 0. The molecule has 6 nitrogen and oxygen atoms in total. The van der Waals surface area contributed by atoms with Crippen LogP contribution in [0.15, 0.2) is 78.9 Å². The summed E-state index contributed by atoms with van der Waals surface area (Å²) in [7, 11) is 0. The molecule has 0 radical (unpaired) electrons. The number of hydrogen-bond donors (Lipinski definition) is 2. The highest BCUT2D eigenvalue weighted by molar-refractivity contribution is 5.93. The fourth-order valence-corrected chi connectivity index (χ4v) is 3.51. The first kappa shape index (κ1) is 17.1. The van der Waals surface area contributed by atoms with Gasteiger partial charge in [0, 0.05) is 28.0 Å². The number of tetrazole rings is 1. The largest absolute Gasteiger partial charge is 0.355 e. The van der Waals surface area contributed by atoms with Gasteiger partial charge in [0.15, 0.2) is 5.82 Å². The number of anilines is 2. The molecule has 29 heavy (non-hydrogen) atoms. The van der Waals surface area contributed by atoms with Crippen LogP contribution in [0.1, 0.15) is 5.69 Å². The van der Waals surface area contributed by atoms with E-state index in [1.165, 1.54) is 0 Å². The molecule has 0 aliphatic heterocycles. The van der Waals surface area contributed by atoms with Crippen LogP contribution in [0.3, 0.4) is 0 Å². The Morgan fingerprint density at radius 2 is 1.59 bits per heavy atom. The third kappa shape index (κ3) is 3.32. The van der Waals surface area contributed by atoms with Crippen LogP contribution in [-0.2, 0) is 0 Å². The van der Waals surface area contributed by atoms with Gasteiger partial charge < -0.3 is 5.32 Å². The summed E-state index contributed by atoms with van der Waals surface area (Å²) in [6.45, 7) is 2.01. The van der Waals surface area contributed by atoms with Crippen molar-refractivity contribution in [2.75, 3.05) is 5.32 Å². The lowest BCUT2D eigenvalue weighted by Gasteiger charge is -2.12. The summed E-state index contributed by atoms with van der Waals surface area (Å²) >= 11 is 0. The molecule has 0 aliphatic rings. The fourth-order valence-electron chi connectivity index (χ4n) is 3.51. The smallest absolute Gasteiger partial charge is 0.180 e. The lowest BCUT2D eigenvalue weighted by molar-refractivity contribution is 0.881. The predicted octanol–water partition coefficient (Wildman–Crippen LogP) is 5.13. The van der Waals surface area contributed by atoms with Crippen molar-refractivity contribution in [3.63, 3.8) is 0 Å². The van der Waals surface area contributed by atoms with Gasteiger partial charge in [-0.25, -0.2) is 5.10 Å². The molecule has 0 saturated carbocycles. The standard InChI is InChI=1S/C23H18N6/c1-15-14-22(20-8-4-5-9-21(20)24-15)25-17-12-10-16(11-13-17)18-6-2-3-7-19(18)23-26-28-29-27-23/h2-14H,1H3,(H,24,25)(H,26,27,28,29). The van der Waals surface area contributed by atoms with Crippen LogP contribution in [-0.4, -0.2) is 25.6 Å². The molecule has 2 N–H and O–H groups in total. The second kappa shape index (κ2) is 7.16. The number of nitrogens with one attached hydrogen (secondary N) is 2. The van der Waals surface area contributed by atoms with Gasteiger partial charge in [0.2, 0.25) is 0 Å². The van der Waals surface area contributed by atoms with Crippen LogP contribution in [0, 0.1) is 6.92 Å². The molecule has 0 amide bonds. The zero-order valence-electron chi connectivity index (χ0n) is 15.8. The molecule has 0 fully saturated rings. The average molecular weight is 378 g/mol. The van der Waals surface area contributed by atoms with E-state index in [9.17, 15) is 0 Å². The van der Waals surface area contributed by atoms with Crippen LogP contribution in [0.4, 0.5) is 11.4 Å². The van der Waals surface area contributed by atoms with Gasteiger partial charge in [0.1, 0.15) is 0 Å². The Bertz CT molecular complexity index is 1280. The molecule has 2 heterocycles. The Morgan fingerprint density at radius 3 is 2.38 bits per heavy atom. The maximum atomic E-state index is 4.61. The van der Waals surface area contributed by atoms with E-state index in [2.05, 4.69) is 73.4 Å². The van der Waals surface area contributed by atoms with Crippen molar-refractivity contribution < 1.29 is 0 Å². The van der Waals surface area contributed by atoms with Crippen molar-refractivity contribution in [2.24, 2.45) is 0 Å². The van der Waals surface area contributed by atoms with Gasteiger partial charge in [0.25, 0.3) is 0 Å². The van der Waals surface area contributed by atoms with Crippen molar-refractivity contribution in [3.8, 4) is 22.5 Å². The number of hydrogen-bond acceptors (Lipinski definition) is 5. The number of benzene rings is 3. The van der Waals surface area contributed by atoms with Crippen LogP contribution < -0.4 is 5.32 Å². The second-order valence-electron chi connectivity index (χ2n) is 6.83. The zero-order valence-corrected chi connectivity index (χ0v) is 15.8. The topological polar surface area (TPSA) is 79.4 Å². The molecular weight excluding hydrogens is 360 g/mol. The van der Waals surface area contributed by atoms with Crippen molar-refractivity contribution >= 4 is 22.3 Å². The summed E-state index contributed by atoms with van der Waals surface area (Å²) in [5.41, 5.74) is 7.17. The maximum Gasteiger partial charge on any atom is 0.180 e. The summed E-state index contributed by atoms with van der Waals surface area (Å²) in [4.78, 5) is 4.61. The van der Waals surface area contributed by atoms with E-state index in [-0.39, 0.29) is 0 Å². The number of pyridine rings is 1. The minimum Gasteiger partial charge on any atom is -0.355 e. The average Bonchev–Trinajstić information content (AvgIpc) is 3.29. The normalized spacial score (nSPS) is 10.9. The number of aryl methyl sites for hydroxylation is 1. The van der Waals surface area contributed by atoms with E-state index >= 15 is 0 Å². The van der Waals surface area contributed by atoms with Crippen molar-refractivity contribution in [2.45, 2.75) is 6.92 Å². The SMILES string of the molecule is Cc1cc(Nc2ccc(-c3ccccc3-c3nnn[nH]3)cc2)c2ccccc2n1. The van der Waals surface area contributed by atoms with E-state index in [1.54, 1.807) is 0 Å². The Kier molecular flexibility index (Phi) is 4.22. The molecule has 0 atom stereocenters. The van der Waals surface area contributed by atoms with Crippen LogP contribution >= 0.6 is 0 Å². The summed E-state index contributed by atoms with van der Waals surface area (Å²) in [6, 6.07) is 26.7. The second-order valence-corrected chi connectivity index (χ2v) is 6.83. The Hall–Kier alpha value is -4.06. The van der Waals surface area contributed by atoms with E-state index in [1.807, 2.05) is 43.3 Å². The van der Waals surface area contributed by atoms with Gasteiger partial charge in [-0.15, -0.1) is 5.10 Å². The molecular formula is C23H18N6. The van der Waals surface area contributed by atoms with Gasteiger partial charge >= 0.3 is 0 Å². The van der Waals surface area contributed by atoms with Gasteiger partial charge in [-0.3, -0.25) is 4.98 Å². The van der Waals surface area contributed by atoms with Crippen molar-refractivity contribution in [3.05, 3.63) is 84.6 Å². The monoisotopic (exact) mass is 378 g/mol. The Labute approximate surface area is 167 Å². The first-order valence-corrected chi connectivity index (χ1v) is 9.35. The van der Waals surface area contributed by atoms with Gasteiger partial charge in [0.05, 0.1) is 5.52 Å². The minimum absolute atomic E-state index is 0.654. The minimum atomic E-state index is 0.654. The lowest BCUT2D eigenvalue weighted by atomic mass is 9.99. The summed E-state index contributed by atoms with van der Waals surface area (Å²) in [5.74, 6) is 0.654. The van der Waals surface area contributed by atoms with Crippen LogP contribution in [0.2, 0.25) is 0 Å². The van der Waals surface area contributed by atoms with Gasteiger partial charge in [-0.05, 0) is 52.7 Å².